The van der Waals surface area contributed by atoms with Crippen molar-refractivity contribution >= 4 is 0 Å². The molecule has 2 heterocycles. The lowest BCUT2D eigenvalue weighted by Gasteiger charge is -2.16. The fourth-order valence-corrected chi connectivity index (χ4v) is 2.60. The van der Waals surface area contributed by atoms with E-state index in [-0.39, 0.29) is 5.92 Å². The minimum atomic E-state index is -0.781. The van der Waals surface area contributed by atoms with Crippen molar-refractivity contribution in [3.8, 4) is 0 Å². The molecule has 1 fully saturated rings. The van der Waals surface area contributed by atoms with Crippen LogP contribution in [0.25, 0.3) is 0 Å². The van der Waals surface area contributed by atoms with Gasteiger partial charge in [-0.05, 0) is 30.0 Å². The van der Waals surface area contributed by atoms with E-state index in [0.29, 0.717) is 0 Å². The third-order valence-electron chi connectivity index (χ3n) is 3.61. The highest BCUT2D eigenvalue weighted by atomic mass is 19.2. The Morgan fingerprint density at radius 3 is 2.89 bits per heavy atom. The van der Waals surface area contributed by atoms with Crippen LogP contribution >= 0.6 is 0 Å². The first kappa shape index (κ1) is 12.3. The molecule has 0 amide bonds. The number of hydrogen-bond acceptors (Lipinski definition) is 2. The summed E-state index contributed by atoms with van der Waals surface area (Å²) in [4.78, 5) is 6.29. The average molecular weight is 263 g/mol. The number of aromatic nitrogens is 2. The number of nitrogens with zero attached hydrogens (tertiary/aromatic N) is 3. The molecule has 19 heavy (non-hydrogen) atoms. The molecule has 1 unspecified atom stereocenters. The van der Waals surface area contributed by atoms with Crippen LogP contribution in [0, 0.1) is 11.6 Å². The Morgan fingerprint density at radius 2 is 2.16 bits per heavy atom. The lowest BCUT2D eigenvalue weighted by atomic mass is 9.98. The second-order valence-corrected chi connectivity index (χ2v) is 4.95. The van der Waals surface area contributed by atoms with Gasteiger partial charge in [0.1, 0.15) is 0 Å². The highest BCUT2D eigenvalue weighted by molar-refractivity contribution is 5.23. The van der Waals surface area contributed by atoms with E-state index in [1.807, 2.05) is 10.8 Å². The SMILES string of the molecule is Fc1ccc(C2CCN(Cn3ccnc3)C2)cc1F. The van der Waals surface area contributed by atoms with Crippen LogP contribution in [0.4, 0.5) is 8.78 Å². The number of likely N-dealkylation sites (tertiary alicyclic amines) is 1. The fraction of sp³-hybridized carbons (Fsp3) is 0.357. The first-order valence-electron chi connectivity index (χ1n) is 6.35. The molecule has 2 aromatic rings. The summed E-state index contributed by atoms with van der Waals surface area (Å²) in [5.41, 5.74) is 0.882. The second kappa shape index (κ2) is 5.09. The minimum Gasteiger partial charge on any atom is -0.324 e. The average Bonchev–Trinajstić information content (AvgIpc) is 3.05. The fourth-order valence-electron chi connectivity index (χ4n) is 2.60. The van der Waals surface area contributed by atoms with E-state index < -0.39 is 11.6 Å². The van der Waals surface area contributed by atoms with Crippen LogP contribution in [0.5, 0.6) is 0 Å². The molecule has 1 aliphatic heterocycles. The van der Waals surface area contributed by atoms with Crippen molar-refractivity contribution in [1.82, 2.24) is 14.5 Å². The van der Waals surface area contributed by atoms with Crippen LogP contribution in [0.1, 0.15) is 17.9 Å². The van der Waals surface area contributed by atoms with Gasteiger partial charge < -0.3 is 4.57 Å². The predicted octanol–water partition coefficient (Wildman–Crippen LogP) is 2.61. The monoisotopic (exact) mass is 263 g/mol. The highest BCUT2D eigenvalue weighted by Gasteiger charge is 2.24. The van der Waals surface area contributed by atoms with Gasteiger partial charge in [-0.2, -0.15) is 0 Å². The van der Waals surface area contributed by atoms with E-state index in [1.165, 1.54) is 12.1 Å². The van der Waals surface area contributed by atoms with E-state index in [2.05, 4.69) is 9.88 Å². The molecule has 5 heteroatoms. The highest BCUT2D eigenvalue weighted by Crippen LogP contribution is 2.28. The number of hydrogen-bond donors (Lipinski definition) is 0. The van der Waals surface area contributed by atoms with E-state index in [0.717, 1.165) is 31.7 Å². The Labute approximate surface area is 110 Å². The van der Waals surface area contributed by atoms with E-state index >= 15 is 0 Å². The van der Waals surface area contributed by atoms with Gasteiger partial charge in [-0.25, -0.2) is 13.8 Å². The van der Waals surface area contributed by atoms with Crippen LogP contribution in [-0.4, -0.2) is 27.5 Å². The molecular formula is C14H15F2N3. The summed E-state index contributed by atoms with van der Waals surface area (Å²) >= 11 is 0. The summed E-state index contributed by atoms with van der Waals surface area (Å²) in [7, 11) is 0. The molecule has 1 aromatic carbocycles. The molecule has 0 spiro atoms. The molecule has 0 radical (unpaired) electrons. The largest absolute Gasteiger partial charge is 0.324 e. The van der Waals surface area contributed by atoms with Crippen molar-refractivity contribution in [1.29, 1.82) is 0 Å². The standard InChI is InChI=1S/C14H15F2N3/c15-13-2-1-11(7-14(13)16)12-3-5-18(8-12)10-19-6-4-17-9-19/h1-2,4,6-7,9,12H,3,5,8,10H2. The van der Waals surface area contributed by atoms with Crippen molar-refractivity contribution in [2.75, 3.05) is 13.1 Å². The van der Waals surface area contributed by atoms with Crippen molar-refractivity contribution in [3.63, 3.8) is 0 Å². The van der Waals surface area contributed by atoms with E-state index in [9.17, 15) is 8.78 Å². The zero-order valence-electron chi connectivity index (χ0n) is 10.5. The van der Waals surface area contributed by atoms with Crippen LogP contribution in [0.2, 0.25) is 0 Å². The lowest BCUT2D eigenvalue weighted by Crippen LogP contribution is -2.23. The molecule has 0 bridgehead atoms. The quantitative estimate of drug-likeness (QED) is 0.848. The molecular weight excluding hydrogens is 248 g/mol. The molecule has 0 aliphatic carbocycles. The maximum Gasteiger partial charge on any atom is 0.159 e. The van der Waals surface area contributed by atoms with Crippen molar-refractivity contribution in [2.24, 2.45) is 0 Å². The van der Waals surface area contributed by atoms with Crippen LogP contribution in [0.3, 0.4) is 0 Å². The third kappa shape index (κ3) is 2.66. The van der Waals surface area contributed by atoms with Crippen molar-refractivity contribution < 1.29 is 8.78 Å². The van der Waals surface area contributed by atoms with Gasteiger partial charge in [0.25, 0.3) is 0 Å². The van der Waals surface area contributed by atoms with Crippen LogP contribution in [0.15, 0.2) is 36.9 Å². The first-order valence-corrected chi connectivity index (χ1v) is 6.35. The number of imidazole rings is 1. The van der Waals surface area contributed by atoms with Gasteiger partial charge >= 0.3 is 0 Å². The first-order chi connectivity index (χ1) is 9.22. The Morgan fingerprint density at radius 1 is 1.26 bits per heavy atom. The summed E-state index contributed by atoms with van der Waals surface area (Å²) < 4.78 is 28.2. The van der Waals surface area contributed by atoms with Crippen molar-refractivity contribution in [2.45, 2.75) is 19.0 Å². The zero-order chi connectivity index (χ0) is 13.2. The zero-order valence-corrected chi connectivity index (χ0v) is 10.5. The Kier molecular flexibility index (Phi) is 3.29. The van der Waals surface area contributed by atoms with Gasteiger partial charge in [-0.3, -0.25) is 4.90 Å². The van der Waals surface area contributed by atoms with E-state index in [4.69, 9.17) is 0 Å². The third-order valence-corrected chi connectivity index (χ3v) is 3.61. The number of halogens is 2. The lowest BCUT2D eigenvalue weighted by molar-refractivity contribution is 0.267. The van der Waals surface area contributed by atoms with Crippen LogP contribution < -0.4 is 0 Å². The molecule has 0 saturated carbocycles. The summed E-state index contributed by atoms with van der Waals surface area (Å²) in [6.45, 7) is 2.62. The Bertz CT molecular complexity index is 554. The Balaban J connectivity index is 1.66. The molecule has 1 atom stereocenters. The minimum absolute atomic E-state index is 0.277. The van der Waals surface area contributed by atoms with E-state index in [1.54, 1.807) is 18.6 Å². The topological polar surface area (TPSA) is 21.1 Å². The molecule has 1 saturated heterocycles. The van der Waals surface area contributed by atoms with Gasteiger partial charge in [-0.1, -0.05) is 6.07 Å². The second-order valence-electron chi connectivity index (χ2n) is 4.95. The predicted molar refractivity (Wildman–Crippen MR) is 67.5 cm³/mol. The molecule has 1 aliphatic rings. The maximum atomic E-state index is 13.2. The van der Waals surface area contributed by atoms with Gasteiger partial charge in [0.05, 0.1) is 13.0 Å². The molecule has 3 rings (SSSR count). The van der Waals surface area contributed by atoms with Gasteiger partial charge in [-0.15, -0.1) is 0 Å². The summed E-state index contributed by atoms with van der Waals surface area (Å²) in [6.07, 6.45) is 6.43. The summed E-state index contributed by atoms with van der Waals surface area (Å²) in [5.74, 6) is -1.26. The molecule has 1 aromatic heterocycles. The molecule has 100 valence electrons. The molecule has 0 N–H and O–H groups in total. The molecule has 3 nitrogen and oxygen atoms in total. The number of rotatable bonds is 3. The van der Waals surface area contributed by atoms with Crippen LogP contribution in [-0.2, 0) is 6.67 Å². The normalized spacial score (nSPS) is 20.0. The maximum absolute atomic E-state index is 13.2. The summed E-state index contributed by atoms with van der Waals surface area (Å²) in [5, 5.41) is 0. The smallest absolute Gasteiger partial charge is 0.159 e. The Hall–Kier alpha value is -1.75. The van der Waals surface area contributed by atoms with Gasteiger partial charge in [0.2, 0.25) is 0 Å². The summed E-state index contributed by atoms with van der Waals surface area (Å²) in [6, 6.07) is 4.22. The number of benzene rings is 1. The van der Waals surface area contributed by atoms with Gasteiger partial charge in [0, 0.05) is 25.5 Å². The van der Waals surface area contributed by atoms with Gasteiger partial charge in [0.15, 0.2) is 11.6 Å². The van der Waals surface area contributed by atoms with Crippen molar-refractivity contribution in [3.05, 3.63) is 54.1 Å².